The number of rotatable bonds is 5. The zero-order valence-corrected chi connectivity index (χ0v) is 13.9. The number of nitrogens with zero attached hydrogens (tertiary/aromatic N) is 3. The minimum Gasteiger partial charge on any atom is -0.325 e. The van der Waals surface area contributed by atoms with E-state index in [1.54, 1.807) is 24.5 Å². The van der Waals surface area contributed by atoms with Gasteiger partial charge in [-0.15, -0.1) is 5.10 Å². The number of alkyl halides is 3. The van der Waals surface area contributed by atoms with Gasteiger partial charge in [-0.25, -0.2) is 4.98 Å². The molecule has 0 aliphatic heterocycles. The molecule has 0 bridgehead atoms. The third-order valence-electron chi connectivity index (χ3n) is 3.22. The molecule has 2 heterocycles. The summed E-state index contributed by atoms with van der Waals surface area (Å²) in [4.78, 5) is 20.1. The molecule has 1 amide bonds. The maximum absolute atomic E-state index is 12.7. The summed E-state index contributed by atoms with van der Waals surface area (Å²) in [6.45, 7) is 0. The van der Waals surface area contributed by atoms with Crippen molar-refractivity contribution in [1.82, 2.24) is 20.2 Å². The number of benzene rings is 1. The van der Waals surface area contributed by atoms with Crippen LogP contribution in [0.15, 0.2) is 53.9 Å². The second-order valence-corrected chi connectivity index (χ2v) is 6.06. The van der Waals surface area contributed by atoms with E-state index < -0.39 is 17.6 Å². The van der Waals surface area contributed by atoms with Crippen LogP contribution in [-0.4, -0.2) is 31.8 Å². The largest absolute Gasteiger partial charge is 0.416 e. The minimum atomic E-state index is -4.46. The van der Waals surface area contributed by atoms with Gasteiger partial charge in [-0.1, -0.05) is 17.8 Å². The first kappa shape index (κ1) is 17.9. The Morgan fingerprint density at radius 2 is 1.96 bits per heavy atom. The second-order valence-electron chi connectivity index (χ2n) is 5.12. The van der Waals surface area contributed by atoms with Gasteiger partial charge in [0.2, 0.25) is 11.1 Å². The van der Waals surface area contributed by atoms with E-state index in [2.05, 4.69) is 25.5 Å². The van der Waals surface area contributed by atoms with Crippen LogP contribution in [0.3, 0.4) is 0 Å². The van der Waals surface area contributed by atoms with Crippen molar-refractivity contribution in [3.63, 3.8) is 0 Å². The van der Waals surface area contributed by atoms with Crippen LogP contribution in [0.5, 0.6) is 0 Å². The van der Waals surface area contributed by atoms with Gasteiger partial charge < -0.3 is 5.32 Å². The number of aromatic amines is 1. The average Bonchev–Trinajstić information content (AvgIpc) is 3.09. The van der Waals surface area contributed by atoms with Crippen LogP contribution >= 0.6 is 11.8 Å². The van der Waals surface area contributed by atoms with Crippen molar-refractivity contribution in [1.29, 1.82) is 0 Å². The molecular weight excluding hydrogens is 367 g/mol. The van der Waals surface area contributed by atoms with Gasteiger partial charge in [0.15, 0.2) is 5.82 Å². The van der Waals surface area contributed by atoms with E-state index in [-0.39, 0.29) is 11.4 Å². The third-order valence-corrected chi connectivity index (χ3v) is 4.07. The summed E-state index contributed by atoms with van der Waals surface area (Å²) in [6.07, 6.45) is -1.22. The first-order valence-electron chi connectivity index (χ1n) is 7.34. The fraction of sp³-hybridized carbons (Fsp3) is 0.125. The van der Waals surface area contributed by atoms with Gasteiger partial charge in [-0.2, -0.15) is 13.2 Å². The molecule has 0 fully saturated rings. The smallest absolute Gasteiger partial charge is 0.325 e. The lowest BCUT2D eigenvalue weighted by atomic mass is 10.2. The highest BCUT2D eigenvalue weighted by atomic mass is 32.2. The van der Waals surface area contributed by atoms with Crippen molar-refractivity contribution in [3.8, 4) is 11.4 Å². The molecular formula is C16H12F3N5OS. The molecule has 6 nitrogen and oxygen atoms in total. The van der Waals surface area contributed by atoms with E-state index in [0.29, 0.717) is 11.0 Å². The zero-order chi connectivity index (χ0) is 18.6. The normalized spacial score (nSPS) is 11.3. The molecule has 0 saturated heterocycles. The number of thioether (sulfide) groups is 1. The van der Waals surface area contributed by atoms with Gasteiger partial charge in [0, 0.05) is 23.6 Å². The summed E-state index contributed by atoms with van der Waals surface area (Å²) in [6, 6.07) is 7.98. The molecule has 0 radical (unpaired) electrons. The fourth-order valence-corrected chi connectivity index (χ4v) is 2.65. The van der Waals surface area contributed by atoms with Gasteiger partial charge in [-0.05, 0) is 30.3 Å². The molecule has 1 aromatic carbocycles. The van der Waals surface area contributed by atoms with E-state index in [9.17, 15) is 18.0 Å². The average molecular weight is 379 g/mol. The molecule has 10 heteroatoms. The number of hydrogen-bond donors (Lipinski definition) is 2. The van der Waals surface area contributed by atoms with Gasteiger partial charge in [-0.3, -0.25) is 14.9 Å². The van der Waals surface area contributed by atoms with Gasteiger partial charge in [0.1, 0.15) is 0 Å². The molecule has 0 saturated carbocycles. The van der Waals surface area contributed by atoms with Gasteiger partial charge in [0.25, 0.3) is 0 Å². The Labute approximate surface area is 150 Å². The molecule has 0 aliphatic carbocycles. The van der Waals surface area contributed by atoms with Gasteiger partial charge >= 0.3 is 6.18 Å². The highest BCUT2D eigenvalue weighted by Gasteiger charge is 2.30. The van der Waals surface area contributed by atoms with Crippen LogP contribution in [0.4, 0.5) is 18.9 Å². The summed E-state index contributed by atoms with van der Waals surface area (Å²) >= 11 is 1.07. The molecule has 0 atom stereocenters. The number of carbonyl (C=O) groups is 1. The Morgan fingerprint density at radius 3 is 2.69 bits per heavy atom. The number of H-pyrrole nitrogens is 1. The van der Waals surface area contributed by atoms with E-state index in [1.807, 2.05) is 0 Å². The van der Waals surface area contributed by atoms with E-state index in [1.165, 1.54) is 12.1 Å². The van der Waals surface area contributed by atoms with Crippen LogP contribution in [0.1, 0.15) is 5.56 Å². The van der Waals surface area contributed by atoms with Crippen molar-refractivity contribution >= 4 is 23.4 Å². The third kappa shape index (κ3) is 4.60. The summed E-state index contributed by atoms with van der Waals surface area (Å²) < 4.78 is 38.0. The Bertz CT molecular complexity index is 898. The first-order valence-corrected chi connectivity index (χ1v) is 8.33. The Kier molecular flexibility index (Phi) is 5.21. The molecule has 3 aromatic rings. The van der Waals surface area contributed by atoms with Gasteiger partial charge in [0.05, 0.1) is 11.3 Å². The summed E-state index contributed by atoms with van der Waals surface area (Å²) in [5, 5.41) is 9.54. The standard InChI is InChI=1S/C16H12F3N5OS/c17-16(18,19)11-2-1-3-12(8-11)21-13(25)9-26-15-22-14(23-24-15)10-4-6-20-7-5-10/h1-8H,9H2,(H,21,25)(H,22,23,24). The topological polar surface area (TPSA) is 83.6 Å². The molecule has 0 aliphatic rings. The maximum atomic E-state index is 12.7. The Morgan fingerprint density at radius 1 is 1.19 bits per heavy atom. The number of carbonyl (C=O) groups excluding carboxylic acids is 1. The first-order chi connectivity index (χ1) is 12.4. The Hall–Kier alpha value is -2.88. The predicted octanol–water partition coefficient (Wildman–Crippen LogP) is 3.62. The lowest BCUT2D eigenvalue weighted by Gasteiger charge is -2.09. The molecule has 134 valence electrons. The molecule has 2 aromatic heterocycles. The molecule has 0 unspecified atom stereocenters. The van der Waals surface area contributed by atoms with Crippen molar-refractivity contribution < 1.29 is 18.0 Å². The maximum Gasteiger partial charge on any atom is 0.416 e. The highest BCUT2D eigenvalue weighted by Crippen LogP contribution is 2.30. The number of aromatic nitrogens is 4. The summed E-state index contributed by atoms with van der Waals surface area (Å²) in [5.41, 5.74) is 0.0598. The minimum absolute atomic E-state index is 0.0378. The fourth-order valence-electron chi connectivity index (χ4n) is 2.05. The quantitative estimate of drug-likeness (QED) is 0.662. The number of hydrogen-bond acceptors (Lipinski definition) is 5. The summed E-state index contributed by atoms with van der Waals surface area (Å²) in [7, 11) is 0. The predicted molar refractivity (Wildman–Crippen MR) is 90.4 cm³/mol. The van der Waals surface area contributed by atoms with Crippen molar-refractivity contribution in [2.75, 3.05) is 11.1 Å². The SMILES string of the molecule is O=C(CSc1n[nH]c(-c2ccncc2)n1)Nc1cccc(C(F)(F)F)c1. The lowest BCUT2D eigenvalue weighted by molar-refractivity contribution is -0.137. The second kappa shape index (κ2) is 7.56. The number of halogens is 3. The van der Waals surface area contributed by atoms with E-state index in [4.69, 9.17) is 0 Å². The number of pyridine rings is 1. The van der Waals surface area contributed by atoms with Crippen LogP contribution in [0.25, 0.3) is 11.4 Å². The van der Waals surface area contributed by atoms with Crippen molar-refractivity contribution in [3.05, 3.63) is 54.4 Å². The van der Waals surface area contributed by atoms with Crippen LogP contribution in [0, 0.1) is 0 Å². The van der Waals surface area contributed by atoms with Crippen molar-refractivity contribution in [2.24, 2.45) is 0 Å². The highest BCUT2D eigenvalue weighted by molar-refractivity contribution is 7.99. The summed E-state index contributed by atoms with van der Waals surface area (Å²) in [5.74, 6) is 0.0435. The van der Waals surface area contributed by atoms with E-state index in [0.717, 1.165) is 29.5 Å². The number of amides is 1. The monoisotopic (exact) mass is 379 g/mol. The molecule has 26 heavy (non-hydrogen) atoms. The number of anilines is 1. The van der Waals surface area contributed by atoms with Crippen LogP contribution < -0.4 is 5.32 Å². The molecule has 0 spiro atoms. The number of nitrogens with one attached hydrogen (secondary N) is 2. The molecule has 2 N–H and O–H groups in total. The van der Waals surface area contributed by atoms with Crippen molar-refractivity contribution in [2.45, 2.75) is 11.3 Å². The van der Waals surface area contributed by atoms with Crippen LogP contribution in [-0.2, 0) is 11.0 Å². The van der Waals surface area contributed by atoms with E-state index >= 15 is 0 Å². The lowest BCUT2D eigenvalue weighted by Crippen LogP contribution is -2.15. The van der Waals surface area contributed by atoms with Crippen LogP contribution in [0.2, 0.25) is 0 Å². The molecule has 3 rings (SSSR count). The Balaban J connectivity index is 1.57. The zero-order valence-electron chi connectivity index (χ0n) is 13.1.